The largest absolute Gasteiger partial charge is 0.303 e. The van der Waals surface area contributed by atoms with Crippen LogP contribution in [0.1, 0.15) is 33.6 Å². The van der Waals surface area contributed by atoms with Gasteiger partial charge in [0, 0.05) is 18.5 Å². The summed E-state index contributed by atoms with van der Waals surface area (Å²) in [7, 11) is 0. The number of rotatable bonds is 3. The standard InChI is InChI=1S/C11H21NO/c1-10-5-4-6-12(7-10)8-11(2,3)9-13/h9-10H,4-8H2,1-3H3. The Morgan fingerprint density at radius 2 is 2.23 bits per heavy atom. The van der Waals surface area contributed by atoms with Gasteiger partial charge in [0.2, 0.25) is 0 Å². The summed E-state index contributed by atoms with van der Waals surface area (Å²) in [5.74, 6) is 0.802. The van der Waals surface area contributed by atoms with Crippen molar-refractivity contribution >= 4 is 6.29 Å². The minimum atomic E-state index is -0.170. The van der Waals surface area contributed by atoms with E-state index in [1.807, 2.05) is 13.8 Å². The van der Waals surface area contributed by atoms with Gasteiger partial charge in [-0.05, 0) is 25.3 Å². The molecule has 76 valence electrons. The Kier molecular flexibility index (Phi) is 3.48. The molecule has 0 N–H and O–H groups in total. The molecule has 0 amide bonds. The van der Waals surface area contributed by atoms with Crippen molar-refractivity contribution in [3.63, 3.8) is 0 Å². The summed E-state index contributed by atoms with van der Waals surface area (Å²) in [5, 5.41) is 0. The molecule has 0 bridgehead atoms. The van der Waals surface area contributed by atoms with Crippen molar-refractivity contribution < 1.29 is 4.79 Å². The minimum Gasteiger partial charge on any atom is -0.303 e. The summed E-state index contributed by atoms with van der Waals surface area (Å²) >= 11 is 0. The maximum absolute atomic E-state index is 10.8. The summed E-state index contributed by atoms with van der Waals surface area (Å²) in [6.45, 7) is 9.57. The highest BCUT2D eigenvalue weighted by molar-refractivity contribution is 5.58. The molecule has 0 aromatic heterocycles. The number of aldehydes is 1. The lowest BCUT2D eigenvalue weighted by molar-refractivity contribution is -0.115. The van der Waals surface area contributed by atoms with Crippen molar-refractivity contribution in [1.82, 2.24) is 4.90 Å². The monoisotopic (exact) mass is 183 g/mol. The fraction of sp³-hybridized carbons (Fsp3) is 0.909. The van der Waals surface area contributed by atoms with Crippen LogP contribution in [0.25, 0.3) is 0 Å². The number of nitrogens with zero attached hydrogens (tertiary/aromatic N) is 1. The maximum atomic E-state index is 10.8. The lowest BCUT2D eigenvalue weighted by Crippen LogP contribution is -2.41. The van der Waals surface area contributed by atoms with E-state index >= 15 is 0 Å². The van der Waals surface area contributed by atoms with E-state index in [4.69, 9.17) is 0 Å². The Labute approximate surface area is 81.3 Å². The second kappa shape index (κ2) is 4.23. The number of likely N-dealkylation sites (tertiary alicyclic amines) is 1. The van der Waals surface area contributed by atoms with Gasteiger partial charge < -0.3 is 9.69 Å². The van der Waals surface area contributed by atoms with Gasteiger partial charge in [0.05, 0.1) is 0 Å². The third kappa shape index (κ3) is 3.47. The van der Waals surface area contributed by atoms with Gasteiger partial charge in [-0.25, -0.2) is 0 Å². The van der Waals surface area contributed by atoms with Gasteiger partial charge in [-0.15, -0.1) is 0 Å². The molecule has 1 unspecified atom stereocenters. The summed E-state index contributed by atoms with van der Waals surface area (Å²) in [6, 6.07) is 0. The first kappa shape index (κ1) is 10.7. The molecular weight excluding hydrogens is 162 g/mol. The van der Waals surface area contributed by atoms with Gasteiger partial charge in [-0.2, -0.15) is 0 Å². The lowest BCUT2D eigenvalue weighted by Gasteiger charge is -2.34. The molecule has 2 heteroatoms. The van der Waals surface area contributed by atoms with E-state index in [-0.39, 0.29) is 5.41 Å². The molecule has 0 spiro atoms. The van der Waals surface area contributed by atoms with E-state index in [0.29, 0.717) is 0 Å². The molecule has 1 atom stereocenters. The minimum absolute atomic E-state index is 0.170. The van der Waals surface area contributed by atoms with Gasteiger partial charge in [-0.3, -0.25) is 0 Å². The quantitative estimate of drug-likeness (QED) is 0.623. The Morgan fingerprint density at radius 3 is 2.77 bits per heavy atom. The van der Waals surface area contributed by atoms with Crippen molar-refractivity contribution in [1.29, 1.82) is 0 Å². The summed E-state index contributed by atoms with van der Waals surface area (Å²) in [5.41, 5.74) is -0.170. The van der Waals surface area contributed by atoms with Crippen LogP contribution in [0, 0.1) is 11.3 Å². The molecule has 13 heavy (non-hydrogen) atoms. The predicted octanol–water partition coefficient (Wildman–Crippen LogP) is 1.94. The van der Waals surface area contributed by atoms with Crippen molar-refractivity contribution in [2.75, 3.05) is 19.6 Å². The van der Waals surface area contributed by atoms with Gasteiger partial charge >= 0.3 is 0 Å². The zero-order valence-corrected chi connectivity index (χ0v) is 9.05. The van der Waals surface area contributed by atoms with Crippen LogP contribution in [0.15, 0.2) is 0 Å². The molecule has 1 aliphatic heterocycles. The summed E-state index contributed by atoms with van der Waals surface area (Å²) in [4.78, 5) is 13.2. The highest BCUT2D eigenvalue weighted by Crippen LogP contribution is 2.20. The van der Waals surface area contributed by atoms with Gasteiger partial charge in [0.15, 0.2) is 0 Å². The van der Waals surface area contributed by atoms with Crippen LogP contribution in [0.3, 0.4) is 0 Å². The Hall–Kier alpha value is -0.370. The van der Waals surface area contributed by atoms with E-state index in [9.17, 15) is 4.79 Å². The molecule has 1 fully saturated rings. The molecule has 1 aliphatic rings. The fourth-order valence-electron chi connectivity index (χ4n) is 2.04. The van der Waals surface area contributed by atoms with Crippen LogP contribution in [0.2, 0.25) is 0 Å². The van der Waals surface area contributed by atoms with Crippen LogP contribution < -0.4 is 0 Å². The Morgan fingerprint density at radius 1 is 1.54 bits per heavy atom. The Bertz CT molecular complexity index is 177. The second-order valence-electron chi connectivity index (χ2n) is 5.09. The smallest absolute Gasteiger partial charge is 0.126 e. The van der Waals surface area contributed by atoms with Crippen LogP contribution in [0.5, 0.6) is 0 Å². The summed E-state index contributed by atoms with van der Waals surface area (Å²) in [6.07, 6.45) is 3.71. The highest BCUT2D eigenvalue weighted by Gasteiger charge is 2.24. The van der Waals surface area contributed by atoms with Crippen molar-refractivity contribution in [2.45, 2.75) is 33.6 Å². The van der Waals surface area contributed by atoms with Gasteiger partial charge in [0.25, 0.3) is 0 Å². The molecule has 1 saturated heterocycles. The molecular formula is C11H21NO. The van der Waals surface area contributed by atoms with Gasteiger partial charge in [0.1, 0.15) is 6.29 Å². The maximum Gasteiger partial charge on any atom is 0.126 e. The molecule has 0 aromatic rings. The second-order valence-corrected chi connectivity index (χ2v) is 5.09. The highest BCUT2D eigenvalue weighted by atomic mass is 16.1. The first-order valence-corrected chi connectivity index (χ1v) is 5.22. The number of carbonyl (C=O) groups is 1. The number of hydrogen-bond acceptors (Lipinski definition) is 2. The van der Waals surface area contributed by atoms with Crippen molar-refractivity contribution in [2.24, 2.45) is 11.3 Å². The third-order valence-electron chi connectivity index (χ3n) is 2.69. The van der Waals surface area contributed by atoms with Crippen LogP contribution in [0.4, 0.5) is 0 Å². The van der Waals surface area contributed by atoms with Crippen LogP contribution in [-0.4, -0.2) is 30.8 Å². The van der Waals surface area contributed by atoms with Crippen molar-refractivity contribution in [3.05, 3.63) is 0 Å². The molecule has 0 saturated carbocycles. The lowest BCUT2D eigenvalue weighted by atomic mass is 9.92. The average molecular weight is 183 g/mol. The molecule has 0 radical (unpaired) electrons. The van der Waals surface area contributed by atoms with Crippen molar-refractivity contribution in [3.8, 4) is 0 Å². The van der Waals surface area contributed by atoms with Crippen LogP contribution >= 0.6 is 0 Å². The fourth-order valence-corrected chi connectivity index (χ4v) is 2.04. The normalized spacial score (nSPS) is 25.9. The summed E-state index contributed by atoms with van der Waals surface area (Å²) < 4.78 is 0. The SMILES string of the molecule is CC1CCCN(CC(C)(C)C=O)C1. The third-order valence-corrected chi connectivity index (χ3v) is 2.69. The zero-order valence-electron chi connectivity index (χ0n) is 9.05. The van der Waals surface area contributed by atoms with Gasteiger partial charge in [-0.1, -0.05) is 20.8 Å². The number of piperidine rings is 1. The number of hydrogen-bond donors (Lipinski definition) is 0. The number of carbonyl (C=O) groups excluding carboxylic acids is 1. The van der Waals surface area contributed by atoms with Crippen LogP contribution in [-0.2, 0) is 4.79 Å². The molecule has 1 rings (SSSR count). The van der Waals surface area contributed by atoms with E-state index < -0.39 is 0 Å². The van der Waals surface area contributed by atoms with E-state index in [1.54, 1.807) is 0 Å². The zero-order chi connectivity index (χ0) is 9.90. The first-order valence-electron chi connectivity index (χ1n) is 5.22. The molecule has 0 aliphatic carbocycles. The first-order chi connectivity index (χ1) is 6.03. The predicted molar refractivity (Wildman–Crippen MR) is 54.7 cm³/mol. The Balaban J connectivity index is 2.39. The topological polar surface area (TPSA) is 20.3 Å². The van der Waals surface area contributed by atoms with E-state index in [0.717, 1.165) is 25.3 Å². The average Bonchev–Trinajstić information content (AvgIpc) is 2.03. The van der Waals surface area contributed by atoms with E-state index in [1.165, 1.54) is 19.4 Å². The molecule has 0 aromatic carbocycles. The van der Waals surface area contributed by atoms with E-state index in [2.05, 4.69) is 11.8 Å². The molecule has 1 heterocycles. The molecule has 2 nitrogen and oxygen atoms in total.